The summed E-state index contributed by atoms with van der Waals surface area (Å²) in [7, 11) is 0. The van der Waals surface area contributed by atoms with Gasteiger partial charge in [0.05, 0.1) is 0 Å². The number of thioether (sulfide) groups is 2. The van der Waals surface area contributed by atoms with Crippen molar-refractivity contribution >= 4 is 23.5 Å². The first-order chi connectivity index (χ1) is 6.11. The summed E-state index contributed by atoms with van der Waals surface area (Å²) < 4.78 is 0. The van der Waals surface area contributed by atoms with E-state index in [1.54, 1.807) is 23.5 Å². The molecule has 72 valence electrons. The quantitative estimate of drug-likeness (QED) is 0.724. The molecule has 0 bridgehead atoms. The van der Waals surface area contributed by atoms with E-state index in [4.69, 9.17) is 0 Å². The first kappa shape index (κ1) is 10.8. The number of rotatable bonds is 3. The zero-order chi connectivity index (χ0) is 9.84. The summed E-state index contributed by atoms with van der Waals surface area (Å²) in [6.07, 6.45) is 1.97. The fourth-order valence-corrected chi connectivity index (χ4v) is 1.99. The average Bonchev–Trinajstić information content (AvgIpc) is 2.01. The Labute approximate surface area is 87.2 Å². The van der Waals surface area contributed by atoms with E-state index in [1.807, 2.05) is 13.2 Å². The van der Waals surface area contributed by atoms with Crippen molar-refractivity contribution in [2.45, 2.75) is 36.3 Å². The number of nitrogens with zero attached hydrogens (tertiary/aromatic N) is 3. The number of aryl methyl sites for hydroxylation is 1. The predicted molar refractivity (Wildman–Crippen MR) is 57.3 cm³/mol. The molecule has 0 aliphatic rings. The second kappa shape index (κ2) is 4.81. The second-order valence-corrected chi connectivity index (χ2v) is 5.14. The Hall–Kier alpha value is -0.290. The van der Waals surface area contributed by atoms with Crippen molar-refractivity contribution in [2.75, 3.05) is 6.26 Å². The maximum atomic E-state index is 4.30. The van der Waals surface area contributed by atoms with Crippen LogP contribution in [0.15, 0.2) is 10.3 Å². The third-order valence-electron chi connectivity index (χ3n) is 1.23. The van der Waals surface area contributed by atoms with Gasteiger partial charge in [-0.15, -0.1) is 0 Å². The van der Waals surface area contributed by atoms with Gasteiger partial charge in [-0.05, 0) is 13.2 Å². The Kier molecular flexibility index (Phi) is 3.99. The van der Waals surface area contributed by atoms with Gasteiger partial charge < -0.3 is 0 Å². The maximum Gasteiger partial charge on any atom is 0.192 e. The van der Waals surface area contributed by atoms with Gasteiger partial charge in [-0.2, -0.15) is 4.98 Å². The SMILES string of the molecule is CSc1nc(C)nc(SC(C)C)n1. The van der Waals surface area contributed by atoms with Crippen LogP contribution in [-0.4, -0.2) is 26.5 Å². The summed E-state index contributed by atoms with van der Waals surface area (Å²) in [4.78, 5) is 12.7. The summed E-state index contributed by atoms with van der Waals surface area (Å²) in [5.74, 6) is 0.794. The van der Waals surface area contributed by atoms with Gasteiger partial charge in [0.1, 0.15) is 5.82 Å². The lowest BCUT2D eigenvalue weighted by Crippen LogP contribution is -1.99. The third-order valence-corrected chi connectivity index (χ3v) is 2.64. The molecule has 0 unspecified atom stereocenters. The molecule has 1 aromatic heterocycles. The van der Waals surface area contributed by atoms with Crippen LogP contribution in [0.1, 0.15) is 19.7 Å². The normalized spacial score (nSPS) is 10.8. The van der Waals surface area contributed by atoms with Crippen molar-refractivity contribution in [3.8, 4) is 0 Å². The summed E-state index contributed by atoms with van der Waals surface area (Å²) in [6.45, 7) is 6.15. The van der Waals surface area contributed by atoms with Crippen molar-refractivity contribution in [3.63, 3.8) is 0 Å². The molecule has 3 nitrogen and oxygen atoms in total. The van der Waals surface area contributed by atoms with Crippen LogP contribution >= 0.6 is 23.5 Å². The van der Waals surface area contributed by atoms with Crippen LogP contribution in [0.5, 0.6) is 0 Å². The molecule has 0 N–H and O–H groups in total. The molecule has 0 saturated heterocycles. The topological polar surface area (TPSA) is 38.7 Å². The maximum absolute atomic E-state index is 4.30. The largest absolute Gasteiger partial charge is 0.208 e. The Balaban J connectivity index is 2.88. The van der Waals surface area contributed by atoms with Crippen molar-refractivity contribution in [2.24, 2.45) is 0 Å². The van der Waals surface area contributed by atoms with E-state index in [0.29, 0.717) is 5.25 Å². The molecule has 0 saturated carbocycles. The van der Waals surface area contributed by atoms with E-state index in [0.717, 1.165) is 16.1 Å². The third kappa shape index (κ3) is 3.52. The first-order valence-corrected chi connectivity index (χ1v) is 6.15. The standard InChI is InChI=1S/C8H13N3S2/c1-5(2)13-8-10-6(3)9-7(11-8)12-4/h5H,1-4H3. The summed E-state index contributed by atoms with van der Waals surface area (Å²) in [5.41, 5.74) is 0. The van der Waals surface area contributed by atoms with Gasteiger partial charge in [-0.1, -0.05) is 37.4 Å². The van der Waals surface area contributed by atoms with Crippen LogP contribution in [0.4, 0.5) is 0 Å². The molecule has 0 aliphatic heterocycles. The average molecular weight is 215 g/mol. The van der Waals surface area contributed by atoms with Gasteiger partial charge in [0.2, 0.25) is 0 Å². The monoisotopic (exact) mass is 215 g/mol. The van der Waals surface area contributed by atoms with E-state index in [2.05, 4.69) is 28.8 Å². The van der Waals surface area contributed by atoms with Crippen LogP contribution < -0.4 is 0 Å². The molecule has 1 heterocycles. The summed E-state index contributed by atoms with van der Waals surface area (Å²) in [5, 5.41) is 2.14. The van der Waals surface area contributed by atoms with Crippen molar-refractivity contribution < 1.29 is 0 Å². The molecular formula is C8H13N3S2. The minimum Gasteiger partial charge on any atom is -0.208 e. The molecule has 1 rings (SSSR count). The van der Waals surface area contributed by atoms with Crippen molar-refractivity contribution in [3.05, 3.63) is 5.82 Å². The van der Waals surface area contributed by atoms with Crippen LogP contribution in [0.3, 0.4) is 0 Å². The molecule has 0 radical (unpaired) electrons. The number of hydrogen-bond acceptors (Lipinski definition) is 5. The van der Waals surface area contributed by atoms with Gasteiger partial charge in [-0.25, -0.2) is 9.97 Å². The minimum atomic E-state index is 0.511. The first-order valence-electron chi connectivity index (χ1n) is 4.05. The molecule has 0 fully saturated rings. The van der Waals surface area contributed by atoms with Crippen LogP contribution in [0.2, 0.25) is 0 Å². The smallest absolute Gasteiger partial charge is 0.192 e. The molecule has 13 heavy (non-hydrogen) atoms. The summed E-state index contributed by atoms with van der Waals surface area (Å²) in [6, 6.07) is 0. The Morgan fingerprint density at radius 1 is 1.08 bits per heavy atom. The highest BCUT2D eigenvalue weighted by Crippen LogP contribution is 2.20. The van der Waals surface area contributed by atoms with E-state index in [1.165, 1.54) is 0 Å². The zero-order valence-electron chi connectivity index (χ0n) is 8.24. The summed E-state index contributed by atoms with van der Waals surface area (Å²) >= 11 is 3.22. The molecule has 0 aromatic carbocycles. The van der Waals surface area contributed by atoms with Crippen LogP contribution in [0.25, 0.3) is 0 Å². The van der Waals surface area contributed by atoms with Crippen molar-refractivity contribution in [1.82, 2.24) is 15.0 Å². The van der Waals surface area contributed by atoms with Gasteiger partial charge in [0.15, 0.2) is 10.3 Å². The van der Waals surface area contributed by atoms with Gasteiger partial charge in [-0.3, -0.25) is 0 Å². The molecule has 0 aliphatic carbocycles. The molecule has 0 atom stereocenters. The van der Waals surface area contributed by atoms with Crippen LogP contribution in [-0.2, 0) is 0 Å². The van der Waals surface area contributed by atoms with E-state index in [9.17, 15) is 0 Å². The highest BCUT2D eigenvalue weighted by molar-refractivity contribution is 7.99. The second-order valence-electron chi connectivity index (χ2n) is 2.82. The van der Waals surface area contributed by atoms with E-state index >= 15 is 0 Å². The molecule has 5 heteroatoms. The fourth-order valence-electron chi connectivity index (χ4n) is 0.788. The van der Waals surface area contributed by atoms with Gasteiger partial charge in [0, 0.05) is 5.25 Å². The zero-order valence-corrected chi connectivity index (χ0v) is 9.87. The molecule has 0 amide bonds. The Morgan fingerprint density at radius 3 is 2.23 bits per heavy atom. The predicted octanol–water partition coefficient (Wildman–Crippen LogP) is 2.40. The minimum absolute atomic E-state index is 0.511. The van der Waals surface area contributed by atoms with Crippen LogP contribution in [0, 0.1) is 6.92 Å². The Bertz CT molecular complexity index is 289. The lowest BCUT2D eigenvalue weighted by atomic mass is 10.6. The molecule has 0 spiro atoms. The van der Waals surface area contributed by atoms with E-state index in [-0.39, 0.29) is 0 Å². The molecular weight excluding hydrogens is 202 g/mol. The molecule has 1 aromatic rings. The van der Waals surface area contributed by atoms with Gasteiger partial charge >= 0.3 is 0 Å². The number of hydrogen-bond donors (Lipinski definition) is 0. The van der Waals surface area contributed by atoms with Gasteiger partial charge in [0.25, 0.3) is 0 Å². The lowest BCUT2D eigenvalue weighted by molar-refractivity contribution is 0.765. The van der Waals surface area contributed by atoms with Crippen molar-refractivity contribution in [1.29, 1.82) is 0 Å². The number of aromatic nitrogens is 3. The highest BCUT2D eigenvalue weighted by atomic mass is 32.2. The lowest BCUT2D eigenvalue weighted by Gasteiger charge is -2.04. The fraction of sp³-hybridized carbons (Fsp3) is 0.625. The highest BCUT2D eigenvalue weighted by Gasteiger charge is 2.05. The van der Waals surface area contributed by atoms with E-state index < -0.39 is 0 Å². The Morgan fingerprint density at radius 2 is 1.69 bits per heavy atom.